The van der Waals surface area contributed by atoms with E-state index in [1.807, 2.05) is 52.0 Å². The van der Waals surface area contributed by atoms with Crippen LogP contribution in [0.1, 0.15) is 155 Å². The van der Waals surface area contributed by atoms with Gasteiger partial charge in [-0.1, -0.05) is 113 Å². The number of rotatable bonds is 20. The summed E-state index contributed by atoms with van der Waals surface area (Å²) in [6.45, 7) is 10.3. The number of ketones is 3. The lowest BCUT2D eigenvalue weighted by molar-refractivity contribution is -0.143. The molecule has 10 amide bonds. The van der Waals surface area contributed by atoms with Crippen LogP contribution in [0.5, 0.6) is 0 Å². The van der Waals surface area contributed by atoms with Gasteiger partial charge in [-0.05, 0) is 127 Å². The van der Waals surface area contributed by atoms with Crippen molar-refractivity contribution in [2.45, 2.75) is 186 Å². The first-order valence-corrected chi connectivity index (χ1v) is 31.8. The van der Waals surface area contributed by atoms with Gasteiger partial charge in [0.05, 0.1) is 38.4 Å². The maximum Gasteiger partial charge on any atom is 0.407 e. The highest BCUT2D eigenvalue weighted by Crippen LogP contribution is 2.24. The van der Waals surface area contributed by atoms with Gasteiger partial charge in [-0.15, -0.1) is 0 Å². The lowest BCUT2D eigenvalue weighted by Gasteiger charge is -2.31. The van der Waals surface area contributed by atoms with Crippen LogP contribution >= 0.6 is 0 Å². The number of nitrogens with zero attached hydrogens (tertiary/aromatic N) is 2. The molecule has 26 heteroatoms. The van der Waals surface area contributed by atoms with Crippen molar-refractivity contribution in [3.63, 3.8) is 0 Å². The van der Waals surface area contributed by atoms with Crippen LogP contribution in [0.4, 0.5) is 9.59 Å². The number of aliphatic hydroxyl groups excluding tert-OH is 1. The Morgan fingerprint density at radius 1 is 0.543 bits per heavy atom. The third-order valence-corrected chi connectivity index (χ3v) is 15.6. The van der Waals surface area contributed by atoms with Crippen molar-refractivity contribution in [2.24, 2.45) is 11.8 Å². The first kappa shape index (κ1) is 73.9. The molecule has 2 aromatic carbocycles. The number of ether oxygens (including phenoxy) is 2. The van der Waals surface area contributed by atoms with E-state index in [4.69, 9.17) is 9.47 Å². The van der Waals surface area contributed by atoms with E-state index in [0.717, 1.165) is 0 Å². The Labute approximate surface area is 537 Å². The van der Waals surface area contributed by atoms with Crippen LogP contribution < -0.4 is 42.5 Å². The van der Waals surface area contributed by atoms with Crippen LogP contribution in [-0.4, -0.2) is 173 Å². The van der Waals surface area contributed by atoms with Gasteiger partial charge >= 0.3 is 12.2 Å². The van der Waals surface area contributed by atoms with Crippen LogP contribution in [0, 0.1) is 11.8 Å². The predicted octanol–water partition coefficient (Wildman–Crippen LogP) is 3.52. The van der Waals surface area contributed by atoms with Crippen molar-refractivity contribution in [1.29, 1.82) is 0 Å². The molecule has 2 aromatic rings. The van der Waals surface area contributed by atoms with Gasteiger partial charge in [-0.3, -0.25) is 52.7 Å². The van der Waals surface area contributed by atoms with E-state index in [1.54, 1.807) is 60.7 Å². The van der Waals surface area contributed by atoms with E-state index < -0.39 is 133 Å². The minimum atomic E-state index is -1.68. The normalized spacial score (nSPS) is 22.4. The molecule has 9 N–H and O–H groups in total. The molecule has 26 nitrogen and oxygen atoms in total. The fourth-order valence-corrected chi connectivity index (χ4v) is 10.8. The topological polar surface area (TPSA) is 363 Å². The lowest BCUT2D eigenvalue weighted by Crippen LogP contribution is -2.57. The minimum Gasteiger partial charge on any atom is -0.449 e. The highest BCUT2D eigenvalue weighted by molar-refractivity contribution is 6.38. The summed E-state index contributed by atoms with van der Waals surface area (Å²) < 4.78 is 10.4. The number of fused-ring (bicyclic) bond motifs is 2. The van der Waals surface area contributed by atoms with Gasteiger partial charge in [0.1, 0.15) is 36.3 Å². The van der Waals surface area contributed by atoms with E-state index in [1.165, 1.54) is 23.6 Å². The van der Waals surface area contributed by atoms with Gasteiger partial charge in [0.15, 0.2) is 17.7 Å². The SMILES string of the molecule is CC(=O)[C@@H](NC(=O)CNC(=O)C(=O)[C@@H]1CCC/C=C\CC[C@H](NC(=O)OCC(C)C)C(=O)N2CCC[C@H]2C(=O)N1)c1ccccc1.CC(=O)[C@@H](NC(=O)CNC(=O)C(O)[C@@H]1CCC/C=C\CC[C@H](NC(=O)OCC(C)C)C(=O)N2CCC[C@H]2C(=O)N1)c1ccccc1. The van der Waals surface area contributed by atoms with Crippen LogP contribution in [0.15, 0.2) is 85.0 Å². The molecule has 2 saturated heterocycles. The number of hydrogen-bond acceptors (Lipinski definition) is 16. The molecule has 0 spiro atoms. The summed E-state index contributed by atoms with van der Waals surface area (Å²) in [7, 11) is 0. The van der Waals surface area contributed by atoms with Crippen molar-refractivity contribution in [3.8, 4) is 0 Å². The first-order chi connectivity index (χ1) is 43.9. The monoisotopic (exact) mass is 1280 g/mol. The Kier molecular flexibility index (Phi) is 30.6. The van der Waals surface area contributed by atoms with E-state index in [0.29, 0.717) is 101 Å². The first-order valence-electron chi connectivity index (χ1n) is 31.8. The standard InChI is InChI=1S/C33H47N5O8.C33H45N5O8/c2*1-21(2)20-46-33(45)36-25-16-11-6-4-5-10-15-24(35-30(42)26-17-12-18-38(26)32(25)44)29(41)31(43)34-19-27(40)37-28(22(3)39)23-13-8-7-9-14-23/h4,6-9,13-14,21,24-26,28-29,41H,5,10-12,15-20H2,1-3H3,(H,34,43)(H,35,42)(H,36,45)(H,37,40);4,6-9,13-14,21,24-26,28H,5,10-12,15-20H2,1-3H3,(H,34,43)(H,35,42)(H,36,45)(H,37,40)/b2*6-4-/t24-,25-,26-,28+,29?;24-,25-,26-,28+/m00/s1. The Hall–Kier alpha value is -8.81. The highest BCUT2D eigenvalue weighted by Gasteiger charge is 2.42. The number of allylic oxidation sites excluding steroid dienone is 4. The van der Waals surface area contributed by atoms with E-state index in [-0.39, 0.29) is 49.5 Å². The summed E-state index contributed by atoms with van der Waals surface area (Å²) in [6.07, 6.45) is 10.6. The van der Waals surface area contributed by atoms with Gasteiger partial charge in [-0.25, -0.2) is 9.59 Å². The second kappa shape index (κ2) is 38.1. The maximum absolute atomic E-state index is 13.6. The van der Waals surface area contributed by atoms with Crippen molar-refractivity contribution in [1.82, 2.24) is 52.3 Å². The lowest BCUT2D eigenvalue weighted by atomic mass is 10.0. The Morgan fingerprint density at radius 3 is 1.41 bits per heavy atom. The van der Waals surface area contributed by atoms with Crippen LogP contribution in [-0.2, 0) is 62.2 Å². The number of hydrogen-bond donors (Lipinski definition) is 9. The minimum absolute atomic E-state index is 0.119. The summed E-state index contributed by atoms with van der Waals surface area (Å²) in [5.41, 5.74) is 1.17. The van der Waals surface area contributed by atoms with Crippen molar-refractivity contribution >= 4 is 76.8 Å². The quantitative estimate of drug-likeness (QED) is 0.0676. The molecule has 4 heterocycles. The van der Waals surface area contributed by atoms with E-state index >= 15 is 0 Å². The largest absolute Gasteiger partial charge is 0.449 e. The van der Waals surface area contributed by atoms with Crippen molar-refractivity contribution in [2.75, 3.05) is 39.4 Å². The number of alkyl carbamates (subject to hydrolysis) is 2. The second-order valence-electron chi connectivity index (χ2n) is 24.1. The molecule has 0 saturated carbocycles. The Balaban J connectivity index is 0.000000334. The summed E-state index contributed by atoms with van der Waals surface area (Å²) in [5, 5.41) is 31.6. The molecule has 4 aliphatic heterocycles. The molecular weight excluding hydrogens is 1190 g/mol. The predicted molar refractivity (Wildman–Crippen MR) is 337 cm³/mol. The molecule has 0 bridgehead atoms. The Morgan fingerprint density at radius 2 is 0.967 bits per heavy atom. The molecule has 0 aromatic heterocycles. The van der Waals surface area contributed by atoms with E-state index in [9.17, 15) is 67.4 Å². The molecule has 0 aliphatic carbocycles. The molecular formula is C66H92N10O16. The fourth-order valence-electron chi connectivity index (χ4n) is 10.8. The molecule has 92 heavy (non-hydrogen) atoms. The number of carbonyl (C=O) groups excluding carboxylic acids is 13. The number of aliphatic hydroxyl groups is 1. The number of Topliss-reactive ketones (excluding diaryl/α,β-unsaturated/α-hetero) is 3. The third-order valence-electron chi connectivity index (χ3n) is 15.6. The number of benzene rings is 2. The van der Waals surface area contributed by atoms with Crippen molar-refractivity contribution < 1.29 is 76.9 Å². The maximum atomic E-state index is 13.6. The van der Waals surface area contributed by atoms with Gasteiger partial charge in [0, 0.05) is 13.1 Å². The summed E-state index contributed by atoms with van der Waals surface area (Å²) in [5.74, 6) is -6.37. The molecule has 4 aliphatic rings. The zero-order chi connectivity index (χ0) is 67.3. The van der Waals surface area contributed by atoms with Gasteiger partial charge in [0.2, 0.25) is 41.2 Å². The molecule has 2 fully saturated rings. The Bertz CT molecular complexity index is 2940. The van der Waals surface area contributed by atoms with Gasteiger partial charge in [-0.2, -0.15) is 0 Å². The highest BCUT2D eigenvalue weighted by atomic mass is 16.6. The van der Waals surface area contributed by atoms with Gasteiger partial charge < -0.3 is 66.9 Å². The average molecular weight is 1280 g/mol. The van der Waals surface area contributed by atoms with E-state index in [2.05, 4.69) is 42.5 Å². The number of nitrogens with one attached hydrogen (secondary N) is 8. The van der Waals surface area contributed by atoms with Crippen LogP contribution in [0.2, 0.25) is 0 Å². The second-order valence-corrected chi connectivity index (χ2v) is 24.1. The average Bonchev–Trinajstić information content (AvgIpc) is 1.72. The molecule has 6 rings (SSSR count). The van der Waals surface area contributed by atoms with Crippen LogP contribution in [0.3, 0.4) is 0 Å². The summed E-state index contributed by atoms with van der Waals surface area (Å²) in [4.78, 5) is 170. The zero-order valence-electron chi connectivity index (χ0n) is 53.5. The molecule has 0 radical (unpaired) electrons. The zero-order valence-corrected chi connectivity index (χ0v) is 53.5. The van der Waals surface area contributed by atoms with Crippen molar-refractivity contribution in [3.05, 3.63) is 96.1 Å². The fraction of sp³-hybridized carbons (Fsp3) is 0.561. The smallest absolute Gasteiger partial charge is 0.407 e. The molecule has 9 atom stereocenters. The van der Waals surface area contributed by atoms with Crippen LogP contribution in [0.25, 0.3) is 0 Å². The number of carbonyl (C=O) groups is 13. The third kappa shape index (κ3) is 24.1. The summed E-state index contributed by atoms with van der Waals surface area (Å²) in [6, 6.07) is 9.82. The number of amides is 10. The molecule has 502 valence electrons. The summed E-state index contributed by atoms with van der Waals surface area (Å²) >= 11 is 0. The molecule has 1 unspecified atom stereocenters. The van der Waals surface area contributed by atoms with Gasteiger partial charge in [0.25, 0.3) is 11.8 Å².